The Hall–Kier alpha value is -3.14. The highest BCUT2D eigenvalue weighted by molar-refractivity contribution is 7.15. The van der Waals surface area contributed by atoms with Gasteiger partial charge in [-0.1, -0.05) is 53.5 Å². The molecule has 2 aromatic carbocycles. The van der Waals surface area contributed by atoms with Gasteiger partial charge < -0.3 is 20.0 Å². The minimum Gasteiger partial charge on any atom is -0.481 e. The topological polar surface area (TPSA) is 111 Å². The first-order chi connectivity index (χ1) is 17.7. The van der Waals surface area contributed by atoms with Crippen molar-refractivity contribution < 1.29 is 24.6 Å². The second kappa shape index (κ2) is 11.9. The first kappa shape index (κ1) is 26.9. The van der Waals surface area contributed by atoms with Crippen molar-refractivity contribution in [3.05, 3.63) is 80.8 Å². The Morgan fingerprint density at radius 2 is 1.78 bits per heavy atom. The molecule has 2 heterocycles. The van der Waals surface area contributed by atoms with Crippen molar-refractivity contribution in [2.24, 2.45) is 5.92 Å². The number of nitrogens with zero attached hydrogens (tertiary/aromatic N) is 3. The van der Waals surface area contributed by atoms with E-state index < -0.39 is 23.9 Å². The number of piperidine rings is 1. The van der Waals surface area contributed by atoms with Gasteiger partial charge in [0.25, 0.3) is 5.91 Å². The van der Waals surface area contributed by atoms with Crippen molar-refractivity contribution in [2.45, 2.75) is 31.8 Å². The largest absolute Gasteiger partial charge is 0.481 e. The number of aromatic nitrogens is 1. The molecular formula is C26H25Cl2N3O5S. The number of amides is 1. The van der Waals surface area contributed by atoms with Crippen LogP contribution in [0, 0.1) is 5.92 Å². The zero-order valence-corrected chi connectivity index (χ0v) is 22.0. The number of thiazole rings is 1. The number of benzene rings is 2. The van der Waals surface area contributed by atoms with Crippen molar-refractivity contribution in [3.8, 4) is 0 Å². The van der Waals surface area contributed by atoms with E-state index in [4.69, 9.17) is 23.2 Å². The smallest absolute Gasteiger partial charge is 0.326 e. The molecule has 1 fully saturated rings. The molecule has 0 saturated carbocycles. The molecule has 37 heavy (non-hydrogen) atoms. The van der Waals surface area contributed by atoms with Gasteiger partial charge in [0, 0.05) is 35.6 Å². The Balaban J connectivity index is 1.61. The molecule has 0 unspecified atom stereocenters. The first-order valence-corrected chi connectivity index (χ1v) is 13.3. The summed E-state index contributed by atoms with van der Waals surface area (Å²) < 4.78 is 0. The molecule has 0 bridgehead atoms. The zero-order valence-electron chi connectivity index (χ0n) is 19.7. The van der Waals surface area contributed by atoms with E-state index in [9.17, 15) is 24.6 Å². The van der Waals surface area contributed by atoms with Gasteiger partial charge in [-0.15, -0.1) is 11.3 Å². The van der Waals surface area contributed by atoms with Gasteiger partial charge in [0.2, 0.25) is 0 Å². The number of hydrogen-bond donors (Lipinski definition) is 2. The lowest BCUT2D eigenvalue weighted by Crippen LogP contribution is -2.46. The van der Waals surface area contributed by atoms with Crippen molar-refractivity contribution >= 4 is 57.5 Å². The number of carbonyl (C=O) groups is 3. The lowest BCUT2D eigenvalue weighted by molar-refractivity contribution is -0.143. The standard InChI is InChI=1S/C26H25Cl2N3O5S/c27-18-6-7-20(21(28)13-18)23(32)31(22(25(35)36)12-16-4-2-1-3-5-16)15-19-14-29-26(37-19)30-10-8-17(9-11-30)24(33)34/h1-7,13-14,17,22H,8-12,15H2,(H,33,34)(H,35,36)/t22-/m0/s1. The molecule has 4 rings (SSSR count). The van der Waals surface area contributed by atoms with E-state index in [-0.39, 0.29) is 29.5 Å². The van der Waals surface area contributed by atoms with Crippen LogP contribution in [0.4, 0.5) is 5.13 Å². The molecule has 1 aliphatic heterocycles. The number of rotatable bonds is 9. The highest BCUT2D eigenvalue weighted by atomic mass is 35.5. The predicted octanol–water partition coefficient (Wildman–Crippen LogP) is 5.09. The van der Waals surface area contributed by atoms with Crippen LogP contribution in [0.25, 0.3) is 0 Å². The van der Waals surface area contributed by atoms with E-state index in [2.05, 4.69) is 4.98 Å². The third-order valence-electron chi connectivity index (χ3n) is 6.34. The van der Waals surface area contributed by atoms with Crippen molar-refractivity contribution in [1.82, 2.24) is 9.88 Å². The number of aliphatic carboxylic acids is 2. The second-order valence-electron chi connectivity index (χ2n) is 8.81. The number of hydrogen-bond acceptors (Lipinski definition) is 6. The molecular weight excluding hydrogens is 537 g/mol. The molecule has 0 spiro atoms. The molecule has 1 amide bonds. The Labute approximate surface area is 228 Å². The van der Waals surface area contributed by atoms with Crippen LogP contribution in [0.15, 0.2) is 54.7 Å². The number of anilines is 1. The molecule has 1 aliphatic rings. The fourth-order valence-corrected chi connectivity index (χ4v) is 5.76. The number of carboxylic acid groups (broad SMARTS) is 2. The highest BCUT2D eigenvalue weighted by Crippen LogP contribution is 2.30. The normalized spacial score (nSPS) is 14.8. The average Bonchev–Trinajstić information content (AvgIpc) is 3.35. The summed E-state index contributed by atoms with van der Waals surface area (Å²) in [5, 5.41) is 20.6. The maximum absolute atomic E-state index is 13.7. The number of halogens is 2. The van der Waals surface area contributed by atoms with Gasteiger partial charge in [-0.05, 0) is 36.6 Å². The van der Waals surface area contributed by atoms with E-state index in [1.807, 2.05) is 35.2 Å². The van der Waals surface area contributed by atoms with Crippen LogP contribution in [0.5, 0.6) is 0 Å². The van der Waals surface area contributed by atoms with Gasteiger partial charge in [-0.25, -0.2) is 9.78 Å². The third kappa shape index (κ3) is 6.60. The maximum Gasteiger partial charge on any atom is 0.326 e. The monoisotopic (exact) mass is 561 g/mol. The summed E-state index contributed by atoms with van der Waals surface area (Å²) >= 11 is 13.7. The van der Waals surface area contributed by atoms with Crippen molar-refractivity contribution in [2.75, 3.05) is 18.0 Å². The molecule has 194 valence electrons. The summed E-state index contributed by atoms with van der Waals surface area (Å²) in [5.74, 6) is -2.81. The summed E-state index contributed by atoms with van der Waals surface area (Å²) in [5.41, 5.74) is 0.937. The van der Waals surface area contributed by atoms with E-state index >= 15 is 0 Å². The molecule has 8 nitrogen and oxygen atoms in total. The Kier molecular flexibility index (Phi) is 8.68. The van der Waals surface area contributed by atoms with Crippen LogP contribution >= 0.6 is 34.5 Å². The minimum absolute atomic E-state index is 0.0187. The molecule has 0 aliphatic carbocycles. The van der Waals surface area contributed by atoms with E-state index in [1.165, 1.54) is 34.4 Å². The molecule has 11 heteroatoms. The Bertz CT molecular complexity index is 1280. The Morgan fingerprint density at radius 3 is 2.41 bits per heavy atom. The third-order valence-corrected chi connectivity index (χ3v) is 7.93. The van der Waals surface area contributed by atoms with E-state index in [0.717, 1.165) is 5.56 Å². The first-order valence-electron chi connectivity index (χ1n) is 11.7. The quantitative estimate of drug-likeness (QED) is 0.374. The summed E-state index contributed by atoms with van der Waals surface area (Å²) in [6.07, 6.45) is 2.81. The van der Waals surface area contributed by atoms with Gasteiger partial charge >= 0.3 is 11.9 Å². The number of carboxylic acids is 2. The summed E-state index contributed by atoms with van der Waals surface area (Å²) in [4.78, 5) is 45.9. The van der Waals surface area contributed by atoms with E-state index in [1.54, 1.807) is 6.20 Å². The molecule has 0 radical (unpaired) electrons. The number of carbonyl (C=O) groups excluding carboxylic acids is 1. The van der Waals surface area contributed by atoms with Crippen LogP contribution in [-0.4, -0.2) is 57.1 Å². The van der Waals surface area contributed by atoms with Gasteiger partial charge in [0.1, 0.15) is 6.04 Å². The van der Waals surface area contributed by atoms with Crippen LogP contribution in [0.1, 0.15) is 33.6 Å². The van der Waals surface area contributed by atoms with Gasteiger partial charge in [-0.3, -0.25) is 9.59 Å². The Morgan fingerprint density at radius 1 is 1.08 bits per heavy atom. The summed E-state index contributed by atoms with van der Waals surface area (Å²) in [6, 6.07) is 12.4. The average molecular weight is 562 g/mol. The second-order valence-corrected chi connectivity index (χ2v) is 10.7. The zero-order chi connectivity index (χ0) is 26.5. The summed E-state index contributed by atoms with van der Waals surface area (Å²) in [7, 11) is 0. The predicted molar refractivity (Wildman–Crippen MR) is 143 cm³/mol. The van der Waals surface area contributed by atoms with Crippen molar-refractivity contribution in [3.63, 3.8) is 0 Å². The lowest BCUT2D eigenvalue weighted by atomic mass is 9.98. The van der Waals surface area contributed by atoms with E-state index in [0.29, 0.717) is 41.0 Å². The van der Waals surface area contributed by atoms with Crippen LogP contribution in [0.2, 0.25) is 10.0 Å². The molecule has 1 atom stereocenters. The minimum atomic E-state index is -1.15. The SMILES string of the molecule is O=C(O)C1CCN(c2ncc(CN(C(=O)c3ccc(Cl)cc3Cl)[C@@H](Cc3ccccc3)C(=O)O)s2)CC1. The summed E-state index contributed by atoms with van der Waals surface area (Å²) in [6.45, 7) is 1.16. The maximum atomic E-state index is 13.7. The molecule has 3 aromatic rings. The fourth-order valence-electron chi connectivity index (χ4n) is 4.31. The van der Waals surface area contributed by atoms with Crippen LogP contribution in [-0.2, 0) is 22.6 Å². The lowest BCUT2D eigenvalue weighted by Gasteiger charge is -2.30. The molecule has 1 aromatic heterocycles. The van der Waals surface area contributed by atoms with Crippen LogP contribution < -0.4 is 4.90 Å². The van der Waals surface area contributed by atoms with Gasteiger partial charge in [-0.2, -0.15) is 0 Å². The van der Waals surface area contributed by atoms with Crippen molar-refractivity contribution in [1.29, 1.82) is 0 Å². The van der Waals surface area contributed by atoms with Gasteiger partial charge in [0.15, 0.2) is 5.13 Å². The highest BCUT2D eigenvalue weighted by Gasteiger charge is 2.33. The van der Waals surface area contributed by atoms with Gasteiger partial charge in [0.05, 0.1) is 23.0 Å². The fraction of sp³-hybridized carbons (Fsp3) is 0.308. The molecule has 2 N–H and O–H groups in total. The molecule has 1 saturated heterocycles. The van der Waals surface area contributed by atoms with Crippen LogP contribution in [0.3, 0.4) is 0 Å².